The Labute approximate surface area is 78.1 Å². The Hall–Kier alpha value is 0.230. The number of rotatable bonds is 7. The molecule has 0 aromatic heterocycles. The quantitative estimate of drug-likeness (QED) is 0.619. The van der Waals surface area contributed by atoms with Gasteiger partial charge in [-0.15, -0.1) is 0 Å². The van der Waals surface area contributed by atoms with Gasteiger partial charge >= 0.3 is 0 Å². The molecular formula is C8H18O3S. The first kappa shape index (κ1) is 12.2. The van der Waals surface area contributed by atoms with E-state index in [4.69, 9.17) is 14.9 Å². The van der Waals surface area contributed by atoms with Gasteiger partial charge in [-0.2, -0.15) is 11.8 Å². The Kier molecular flexibility index (Phi) is 8.01. The Morgan fingerprint density at radius 2 is 2.17 bits per heavy atom. The Morgan fingerprint density at radius 1 is 1.50 bits per heavy atom. The lowest BCUT2D eigenvalue weighted by atomic mass is 10.3. The topological polar surface area (TPSA) is 49.7 Å². The van der Waals surface area contributed by atoms with E-state index >= 15 is 0 Å². The molecule has 0 saturated heterocycles. The summed E-state index contributed by atoms with van der Waals surface area (Å²) in [5.74, 6) is 0.599. The largest absolute Gasteiger partial charge is 0.394 e. The van der Waals surface area contributed by atoms with E-state index in [0.29, 0.717) is 11.0 Å². The van der Waals surface area contributed by atoms with E-state index in [1.54, 1.807) is 18.9 Å². The first-order chi connectivity index (χ1) is 5.70. The molecule has 12 heavy (non-hydrogen) atoms. The minimum absolute atomic E-state index is 0.149. The number of aliphatic hydroxyl groups excluding tert-OH is 2. The molecule has 0 aliphatic carbocycles. The lowest BCUT2D eigenvalue weighted by molar-refractivity contribution is 0.113. The van der Waals surface area contributed by atoms with Crippen LogP contribution >= 0.6 is 11.8 Å². The van der Waals surface area contributed by atoms with Crippen LogP contribution in [0.2, 0.25) is 0 Å². The molecule has 0 aromatic rings. The predicted octanol–water partition coefficient (Wildman–Crippen LogP) is 0.498. The summed E-state index contributed by atoms with van der Waals surface area (Å²) < 4.78 is 4.92. The lowest BCUT2D eigenvalue weighted by Crippen LogP contribution is -2.17. The summed E-state index contributed by atoms with van der Waals surface area (Å²) in [7, 11) is 1.68. The van der Waals surface area contributed by atoms with Crippen molar-refractivity contribution in [3.05, 3.63) is 0 Å². The Bertz CT molecular complexity index is 100. The average Bonchev–Trinajstić information content (AvgIpc) is 2.10. The maximum Gasteiger partial charge on any atom is 0.0861 e. The van der Waals surface area contributed by atoms with Crippen molar-refractivity contribution in [2.24, 2.45) is 0 Å². The predicted molar refractivity (Wildman–Crippen MR) is 51.5 cm³/mol. The highest BCUT2D eigenvalue weighted by Crippen LogP contribution is 2.14. The van der Waals surface area contributed by atoms with Crippen LogP contribution in [-0.4, -0.2) is 47.6 Å². The molecule has 3 nitrogen and oxygen atoms in total. The first-order valence-electron chi connectivity index (χ1n) is 4.10. The highest BCUT2D eigenvalue weighted by molar-refractivity contribution is 7.99. The van der Waals surface area contributed by atoms with Crippen molar-refractivity contribution in [3.8, 4) is 0 Å². The van der Waals surface area contributed by atoms with E-state index < -0.39 is 6.10 Å². The molecule has 0 aliphatic heterocycles. The van der Waals surface area contributed by atoms with Crippen molar-refractivity contribution in [1.82, 2.24) is 0 Å². The molecule has 0 amide bonds. The molecule has 0 radical (unpaired) electrons. The molecule has 0 heterocycles. The van der Waals surface area contributed by atoms with E-state index in [2.05, 4.69) is 6.92 Å². The lowest BCUT2D eigenvalue weighted by Gasteiger charge is -2.12. The van der Waals surface area contributed by atoms with E-state index in [9.17, 15) is 0 Å². The number of methoxy groups -OCH3 is 1. The second-order valence-corrected chi connectivity index (χ2v) is 4.23. The average molecular weight is 194 g/mol. The summed E-state index contributed by atoms with van der Waals surface area (Å²) in [5, 5.41) is 18.0. The van der Waals surface area contributed by atoms with Crippen LogP contribution in [0.3, 0.4) is 0 Å². The number of ether oxygens (including phenoxy) is 1. The zero-order chi connectivity index (χ0) is 9.40. The third kappa shape index (κ3) is 6.91. The van der Waals surface area contributed by atoms with Crippen LogP contribution in [0, 0.1) is 0 Å². The third-order valence-corrected chi connectivity index (χ3v) is 2.89. The van der Waals surface area contributed by atoms with Gasteiger partial charge in [0.2, 0.25) is 0 Å². The van der Waals surface area contributed by atoms with Crippen LogP contribution in [0.15, 0.2) is 0 Å². The SMILES string of the molecule is COCCC(C)SCC(O)CO. The Balaban J connectivity index is 3.24. The van der Waals surface area contributed by atoms with E-state index in [0.717, 1.165) is 13.0 Å². The highest BCUT2D eigenvalue weighted by atomic mass is 32.2. The molecule has 2 atom stereocenters. The molecule has 0 aliphatic rings. The molecule has 0 bridgehead atoms. The van der Waals surface area contributed by atoms with Gasteiger partial charge in [0.25, 0.3) is 0 Å². The van der Waals surface area contributed by atoms with Crippen molar-refractivity contribution in [1.29, 1.82) is 0 Å². The second-order valence-electron chi connectivity index (χ2n) is 2.76. The highest BCUT2D eigenvalue weighted by Gasteiger charge is 2.06. The van der Waals surface area contributed by atoms with Crippen molar-refractivity contribution < 1.29 is 14.9 Å². The smallest absolute Gasteiger partial charge is 0.0861 e. The van der Waals surface area contributed by atoms with Crippen molar-refractivity contribution in [2.75, 3.05) is 26.1 Å². The molecular weight excluding hydrogens is 176 g/mol. The molecule has 0 saturated carbocycles. The van der Waals surface area contributed by atoms with Gasteiger partial charge in [-0.1, -0.05) is 6.92 Å². The minimum Gasteiger partial charge on any atom is -0.394 e. The maximum atomic E-state index is 9.03. The summed E-state index contributed by atoms with van der Waals surface area (Å²) in [6, 6.07) is 0. The van der Waals surface area contributed by atoms with Crippen molar-refractivity contribution in [2.45, 2.75) is 24.7 Å². The third-order valence-electron chi connectivity index (χ3n) is 1.51. The summed E-state index contributed by atoms with van der Waals surface area (Å²) >= 11 is 1.66. The van der Waals surface area contributed by atoms with Crippen LogP contribution in [0.5, 0.6) is 0 Å². The summed E-state index contributed by atoms with van der Waals surface area (Å²) in [6.07, 6.45) is 0.402. The molecule has 2 N–H and O–H groups in total. The minimum atomic E-state index is -0.583. The molecule has 0 fully saturated rings. The number of hydrogen-bond donors (Lipinski definition) is 2. The molecule has 2 unspecified atom stereocenters. The maximum absolute atomic E-state index is 9.03. The fraction of sp³-hybridized carbons (Fsp3) is 1.00. The van der Waals surface area contributed by atoms with Crippen LogP contribution < -0.4 is 0 Å². The van der Waals surface area contributed by atoms with Gasteiger partial charge in [-0.25, -0.2) is 0 Å². The van der Waals surface area contributed by atoms with Gasteiger partial charge in [0.15, 0.2) is 0 Å². The standard InChI is InChI=1S/C8H18O3S/c1-7(3-4-11-2)12-6-8(10)5-9/h7-10H,3-6H2,1-2H3. The van der Waals surface area contributed by atoms with Gasteiger partial charge in [-0.3, -0.25) is 0 Å². The monoisotopic (exact) mass is 194 g/mol. The molecule has 0 spiro atoms. The normalized spacial score (nSPS) is 16.0. The van der Waals surface area contributed by atoms with E-state index in [1.165, 1.54) is 0 Å². The fourth-order valence-corrected chi connectivity index (χ4v) is 1.61. The van der Waals surface area contributed by atoms with Gasteiger partial charge < -0.3 is 14.9 Å². The van der Waals surface area contributed by atoms with Crippen LogP contribution in [0.25, 0.3) is 0 Å². The zero-order valence-electron chi connectivity index (χ0n) is 7.69. The van der Waals surface area contributed by atoms with E-state index in [1.807, 2.05) is 0 Å². The number of aliphatic hydroxyl groups is 2. The van der Waals surface area contributed by atoms with Gasteiger partial charge in [-0.05, 0) is 6.42 Å². The van der Waals surface area contributed by atoms with Gasteiger partial charge in [0, 0.05) is 24.7 Å². The van der Waals surface area contributed by atoms with Crippen LogP contribution in [0.4, 0.5) is 0 Å². The summed E-state index contributed by atoms with van der Waals surface area (Å²) in [4.78, 5) is 0. The van der Waals surface area contributed by atoms with Gasteiger partial charge in [0.1, 0.15) is 0 Å². The summed E-state index contributed by atoms with van der Waals surface area (Å²) in [5.41, 5.74) is 0. The van der Waals surface area contributed by atoms with Crippen LogP contribution in [-0.2, 0) is 4.74 Å². The number of hydrogen-bond acceptors (Lipinski definition) is 4. The number of thioether (sulfide) groups is 1. The molecule has 74 valence electrons. The summed E-state index contributed by atoms with van der Waals surface area (Å²) in [6.45, 7) is 2.70. The zero-order valence-corrected chi connectivity index (χ0v) is 8.51. The van der Waals surface area contributed by atoms with Gasteiger partial charge in [0.05, 0.1) is 12.7 Å². The van der Waals surface area contributed by atoms with Crippen molar-refractivity contribution >= 4 is 11.8 Å². The molecule has 4 heteroatoms. The molecule has 0 rings (SSSR count). The Morgan fingerprint density at radius 3 is 2.67 bits per heavy atom. The van der Waals surface area contributed by atoms with Crippen LogP contribution in [0.1, 0.15) is 13.3 Å². The first-order valence-corrected chi connectivity index (χ1v) is 5.15. The molecule has 0 aromatic carbocycles. The van der Waals surface area contributed by atoms with E-state index in [-0.39, 0.29) is 6.61 Å². The van der Waals surface area contributed by atoms with Crippen molar-refractivity contribution in [3.63, 3.8) is 0 Å². The fourth-order valence-electron chi connectivity index (χ4n) is 0.695. The second kappa shape index (κ2) is 7.86.